The van der Waals surface area contributed by atoms with Crippen molar-refractivity contribution >= 4 is 50.8 Å². The third-order valence-electron chi connectivity index (χ3n) is 10.6. The second-order valence-corrected chi connectivity index (χ2v) is 27.8. The van der Waals surface area contributed by atoms with Crippen LogP contribution in [0.3, 0.4) is 0 Å². The van der Waals surface area contributed by atoms with E-state index < -0.39 is 20.1 Å². The van der Waals surface area contributed by atoms with Gasteiger partial charge in [-0.2, -0.15) is 0 Å². The zero-order valence-corrected chi connectivity index (χ0v) is 39.4. The van der Waals surface area contributed by atoms with Crippen LogP contribution in [0.5, 0.6) is 0 Å². The van der Waals surface area contributed by atoms with Crippen LogP contribution in [-0.2, 0) is 25.6 Å². The molecule has 5 nitrogen and oxygen atoms in total. The van der Waals surface area contributed by atoms with E-state index in [1.807, 2.05) is 36.5 Å². The summed E-state index contributed by atoms with van der Waals surface area (Å²) in [6.07, 6.45) is 4.16. The predicted octanol–water partition coefficient (Wildman–Crippen LogP) is 12.6. The summed E-state index contributed by atoms with van der Waals surface area (Å²) in [7, 11) is 0. The number of rotatable bonds is 6. The number of fused-ring (bicyclic) bond motifs is 4. The first-order valence-corrected chi connectivity index (χ1v) is 27.3. The van der Waals surface area contributed by atoms with Crippen LogP contribution < -0.4 is 8.96 Å². The van der Waals surface area contributed by atoms with Crippen molar-refractivity contribution in [1.82, 2.24) is 14.5 Å². The molecule has 5 aromatic carbocycles. The van der Waals surface area contributed by atoms with E-state index in [4.69, 9.17) is 13.5 Å². The van der Waals surface area contributed by atoms with E-state index in [-0.39, 0.29) is 25.6 Å². The smallest absolute Gasteiger partial charge is 0 e. The summed E-state index contributed by atoms with van der Waals surface area (Å²) < 4.78 is 34.7. The van der Waals surface area contributed by atoms with Gasteiger partial charge in [0.15, 0.2) is 5.82 Å². The number of hydrogen-bond donors (Lipinski definition) is 0. The van der Waals surface area contributed by atoms with E-state index in [9.17, 15) is 0 Å². The maximum atomic E-state index is 7.44. The van der Waals surface area contributed by atoms with E-state index in [1.54, 1.807) is 18.2 Å². The van der Waals surface area contributed by atoms with Gasteiger partial charge < -0.3 is 4.42 Å². The number of imidazole rings is 1. The van der Waals surface area contributed by atoms with Crippen LogP contribution in [0.15, 0.2) is 144 Å². The van der Waals surface area contributed by atoms with Crippen molar-refractivity contribution in [3.8, 4) is 39.5 Å². The van der Waals surface area contributed by atoms with Crippen LogP contribution in [0, 0.1) is 19.0 Å². The summed E-state index contributed by atoms with van der Waals surface area (Å²) in [6, 6.07) is 49.2. The monoisotopic (exact) mass is 1020 g/mol. The zero-order chi connectivity index (χ0) is 43.3. The molecule has 0 unspecified atom stereocenters. The van der Waals surface area contributed by atoms with Crippen LogP contribution in [0.25, 0.3) is 72.6 Å². The van der Waals surface area contributed by atoms with Crippen LogP contribution in [0.4, 0.5) is 0 Å². The Morgan fingerprint density at radius 1 is 0.814 bits per heavy atom. The van der Waals surface area contributed by atoms with Gasteiger partial charge in [0.2, 0.25) is 0 Å². The first kappa shape index (κ1) is 38.1. The molecule has 0 atom stereocenters. The molecule has 0 bridgehead atoms. The number of furan rings is 1. The Morgan fingerprint density at radius 2 is 1.54 bits per heavy atom. The molecule has 7 heteroatoms. The third kappa shape index (κ3) is 8.50. The SMILES string of the molecule is CC(C)(C)[n+]1cccc2nc(-c3[c-]ccc4c3oc3ccccc34)n(-c3ccc(-c4ccccc4)cc3)c21.[2H]C([2H])([2H])c1c[c-]c(-c2cc(C(C)C)[c]([Ge]([CH3])([CH3])[CH3])cn2)cc1.[Ir]. The Hall–Kier alpha value is -5.14. The molecular formula is C52H51GeIrN4O-. The van der Waals surface area contributed by atoms with Crippen molar-refractivity contribution in [3.05, 3.63) is 163 Å². The standard InChI is InChI=1S/C34H27N3O.C18H24GeN.Ir/c1-34(2,3)36-22-10-16-29-33(36)37(25-20-18-24(19-21-25)23-11-5-4-6-12-23)32(35-29)28-15-9-14-27-26-13-7-8-17-30(26)38-31(27)28;1-13(2)16-11-18(15-9-7-14(3)8-10-15)20-12-17(16)19(4,5)6;/h4-14,16-22H,1-3H3;7-9,11-13H,1-6H3;/q;-1;/i;3D3;. The molecule has 59 heavy (non-hydrogen) atoms. The fraction of sp³-hybridized carbons (Fsp3) is 0.212. The fourth-order valence-electron chi connectivity index (χ4n) is 7.61. The summed E-state index contributed by atoms with van der Waals surface area (Å²) in [5, 5.41) is 2.16. The molecule has 0 amide bonds. The molecule has 4 heterocycles. The molecule has 0 aliphatic carbocycles. The van der Waals surface area contributed by atoms with Crippen LogP contribution >= 0.6 is 0 Å². The number of para-hydroxylation sites is 1. The maximum absolute atomic E-state index is 7.44. The van der Waals surface area contributed by atoms with Crippen LogP contribution in [0.2, 0.25) is 17.3 Å². The first-order chi connectivity index (χ1) is 29.0. The van der Waals surface area contributed by atoms with Crippen molar-refractivity contribution in [2.24, 2.45) is 0 Å². The molecule has 0 aliphatic rings. The van der Waals surface area contributed by atoms with Crippen LogP contribution in [0.1, 0.15) is 55.8 Å². The molecule has 9 aromatic rings. The number of benzene rings is 5. The average molecular weight is 1020 g/mol. The Labute approximate surface area is 369 Å². The van der Waals surface area contributed by atoms with Crippen molar-refractivity contribution in [2.45, 2.75) is 70.2 Å². The summed E-state index contributed by atoms with van der Waals surface area (Å²) in [5.41, 5.74) is 11.1. The van der Waals surface area contributed by atoms with Gasteiger partial charge >= 0.3 is 135 Å². The molecule has 0 fully saturated rings. The van der Waals surface area contributed by atoms with E-state index >= 15 is 0 Å². The minimum atomic E-state index is -2.09. The summed E-state index contributed by atoms with van der Waals surface area (Å²) >= 11 is -1.97. The van der Waals surface area contributed by atoms with E-state index in [2.05, 4.69) is 163 Å². The Morgan fingerprint density at radius 3 is 2.22 bits per heavy atom. The number of pyridine rings is 2. The molecule has 4 aromatic heterocycles. The van der Waals surface area contributed by atoms with E-state index in [0.29, 0.717) is 11.5 Å². The number of hydrogen-bond acceptors (Lipinski definition) is 3. The molecule has 0 spiro atoms. The number of aryl methyl sites for hydroxylation is 1. The van der Waals surface area contributed by atoms with Crippen molar-refractivity contribution < 1.29 is 33.2 Å². The van der Waals surface area contributed by atoms with E-state index in [1.165, 1.54) is 21.1 Å². The van der Waals surface area contributed by atoms with Gasteiger partial charge in [-0.1, -0.05) is 66.0 Å². The van der Waals surface area contributed by atoms with Gasteiger partial charge in [0.25, 0.3) is 0 Å². The van der Waals surface area contributed by atoms with E-state index in [0.717, 1.165) is 61.4 Å². The van der Waals surface area contributed by atoms with Crippen molar-refractivity contribution in [2.75, 3.05) is 0 Å². The van der Waals surface area contributed by atoms with Gasteiger partial charge in [-0.15, -0.1) is 18.2 Å². The normalized spacial score (nSPS) is 12.8. The second kappa shape index (κ2) is 16.8. The largest absolute Gasteiger partial charge is 0 e. The van der Waals surface area contributed by atoms with Crippen molar-refractivity contribution in [1.29, 1.82) is 0 Å². The van der Waals surface area contributed by atoms with Crippen LogP contribution in [-0.4, -0.2) is 27.8 Å². The first-order valence-electron chi connectivity index (χ1n) is 21.4. The third-order valence-corrected chi connectivity index (χ3v) is 14.8. The van der Waals surface area contributed by atoms with Gasteiger partial charge in [0, 0.05) is 25.5 Å². The number of nitrogens with zero attached hydrogens (tertiary/aromatic N) is 4. The van der Waals surface area contributed by atoms with Gasteiger partial charge in [-0.05, 0) is 67.8 Å². The fourth-order valence-corrected chi connectivity index (χ4v) is 11.1. The van der Waals surface area contributed by atoms with Gasteiger partial charge in [0.1, 0.15) is 22.3 Å². The van der Waals surface area contributed by atoms with Gasteiger partial charge in [-0.3, -0.25) is 0 Å². The predicted molar refractivity (Wildman–Crippen MR) is 244 cm³/mol. The topological polar surface area (TPSA) is 47.7 Å². The quantitative estimate of drug-likeness (QED) is 0.0947. The van der Waals surface area contributed by atoms with Gasteiger partial charge in [-0.25, -0.2) is 14.1 Å². The molecule has 0 aliphatic heterocycles. The minimum Gasteiger partial charge on any atom is 0 e. The molecule has 0 saturated heterocycles. The molecule has 0 N–H and O–H groups in total. The summed E-state index contributed by atoms with van der Waals surface area (Å²) in [4.78, 5) is 9.81. The molecule has 9 rings (SSSR count). The molecular weight excluding hydrogens is 961 g/mol. The Kier molecular flexibility index (Phi) is 10.9. The second-order valence-electron chi connectivity index (χ2n) is 17.2. The molecule has 1 radical (unpaired) electrons. The zero-order valence-electron chi connectivity index (χ0n) is 37.9. The summed E-state index contributed by atoms with van der Waals surface area (Å²) in [6.45, 7) is 8.97. The number of aromatic nitrogens is 4. The minimum absolute atomic E-state index is 0. The van der Waals surface area contributed by atoms with Gasteiger partial charge in [0.05, 0.1) is 11.8 Å². The Bertz CT molecular complexity index is 3000. The Balaban J connectivity index is 0.000000208. The summed E-state index contributed by atoms with van der Waals surface area (Å²) in [5.74, 6) is 8.37. The molecule has 0 saturated carbocycles. The maximum Gasteiger partial charge on any atom is 0 e. The van der Waals surface area contributed by atoms with Crippen molar-refractivity contribution in [3.63, 3.8) is 0 Å². The molecule has 299 valence electrons. The average Bonchev–Trinajstić information content (AvgIpc) is 3.82.